The van der Waals surface area contributed by atoms with Crippen LogP contribution in [0.3, 0.4) is 0 Å². The predicted molar refractivity (Wildman–Crippen MR) is 82.6 cm³/mol. The van der Waals surface area contributed by atoms with E-state index < -0.39 is 13.0 Å². The highest BCUT2D eigenvalue weighted by Gasteiger charge is 2.04. The van der Waals surface area contributed by atoms with Crippen LogP contribution in [-0.4, -0.2) is 45.8 Å². The molecule has 0 unspecified atom stereocenters. The number of nitrogens with one attached hydrogen (secondary N) is 2. The summed E-state index contributed by atoms with van der Waals surface area (Å²) in [5, 5.41) is 6.25. The van der Waals surface area contributed by atoms with Gasteiger partial charge in [-0.1, -0.05) is 12.1 Å². The number of ether oxygens (including phenoxy) is 2. The quantitative estimate of drug-likeness (QED) is 0.416. The third-order valence-corrected chi connectivity index (χ3v) is 2.70. The number of halogens is 2. The van der Waals surface area contributed by atoms with E-state index in [9.17, 15) is 8.78 Å². The average molecular weight is 315 g/mol. The van der Waals surface area contributed by atoms with Crippen LogP contribution in [0.2, 0.25) is 0 Å². The molecule has 0 heterocycles. The number of guanidine groups is 1. The minimum atomic E-state index is -2.48. The minimum absolute atomic E-state index is 0.430. The minimum Gasteiger partial charge on any atom is -0.488 e. The number of hydrogen-bond acceptors (Lipinski definition) is 3. The van der Waals surface area contributed by atoms with Gasteiger partial charge in [0.2, 0.25) is 0 Å². The van der Waals surface area contributed by atoms with Crippen molar-refractivity contribution < 1.29 is 18.3 Å². The monoisotopic (exact) mass is 315 g/mol. The van der Waals surface area contributed by atoms with Gasteiger partial charge in [0, 0.05) is 26.7 Å². The summed E-state index contributed by atoms with van der Waals surface area (Å²) in [6, 6.07) is 7.03. The van der Waals surface area contributed by atoms with Crippen LogP contribution in [-0.2, 0) is 11.3 Å². The molecule has 124 valence electrons. The number of hydrogen-bond donors (Lipinski definition) is 2. The van der Waals surface area contributed by atoms with Crippen LogP contribution in [0.4, 0.5) is 8.78 Å². The molecular formula is C15H23F2N3O2. The van der Waals surface area contributed by atoms with Gasteiger partial charge in [-0.15, -0.1) is 0 Å². The summed E-state index contributed by atoms with van der Waals surface area (Å²) in [6.07, 6.45) is -2.48. The van der Waals surface area contributed by atoms with Crippen molar-refractivity contribution in [1.29, 1.82) is 0 Å². The maximum absolute atomic E-state index is 12.1. The Kier molecular flexibility index (Phi) is 8.90. The molecule has 1 aromatic carbocycles. The summed E-state index contributed by atoms with van der Waals surface area (Å²) in [4.78, 5) is 4.09. The Balaban J connectivity index is 2.40. The second-order valence-electron chi connectivity index (χ2n) is 4.40. The smallest absolute Gasteiger partial charge is 0.272 e. The molecule has 1 aromatic rings. The number of aliphatic imine (C=N–C) groups is 1. The molecule has 0 amide bonds. The van der Waals surface area contributed by atoms with E-state index in [1.807, 2.05) is 13.0 Å². The van der Waals surface area contributed by atoms with Crippen molar-refractivity contribution in [2.45, 2.75) is 19.9 Å². The van der Waals surface area contributed by atoms with Crippen molar-refractivity contribution in [2.24, 2.45) is 4.99 Å². The largest absolute Gasteiger partial charge is 0.488 e. The van der Waals surface area contributed by atoms with E-state index in [0.717, 1.165) is 5.56 Å². The first-order chi connectivity index (χ1) is 10.7. The van der Waals surface area contributed by atoms with Gasteiger partial charge in [0.15, 0.2) is 5.96 Å². The normalized spacial score (nSPS) is 11.6. The van der Waals surface area contributed by atoms with E-state index in [0.29, 0.717) is 38.0 Å². The molecule has 0 saturated heterocycles. The van der Waals surface area contributed by atoms with Crippen LogP contribution in [0.15, 0.2) is 29.3 Å². The third kappa shape index (κ3) is 7.78. The van der Waals surface area contributed by atoms with Crippen LogP contribution in [0, 0.1) is 0 Å². The van der Waals surface area contributed by atoms with E-state index in [4.69, 9.17) is 9.47 Å². The van der Waals surface area contributed by atoms with Gasteiger partial charge >= 0.3 is 0 Å². The van der Waals surface area contributed by atoms with E-state index >= 15 is 0 Å². The number of rotatable bonds is 9. The number of nitrogens with zero attached hydrogens (tertiary/aromatic N) is 1. The van der Waals surface area contributed by atoms with Crippen molar-refractivity contribution in [1.82, 2.24) is 10.6 Å². The third-order valence-electron chi connectivity index (χ3n) is 2.70. The first-order valence-electron chi connectivity index (χ1n) is 7.17. The van der Waals surface area contributed by atoms with Gasteiger partial charge in [-0.2, -0.15) is 0 Å². The zero-order valence-electron chi connectivity index (χ0n) is 12.9. The Hall–Kier alpha value is -1.89. The maximum atomic E-state index is 12.1. The molecule has 0 aliphatic rings. The van der Waals surface area contributed by atoms with Gasteiger partial charge in [-0.25, -0.2) is 8.78 Å². The zero-order chi connectivity index (χ0) is 16.2. The highest BCUT2D eigenvalue weighted by molar-refractivity contribution is 5.79. The van der Waals surface area contributed by atoms with E-state index in [2.05, 4.69) is 15.6 Å². The first-order valence-corrected chi connectivity index (χ1v) is 7.17. The summed E-state index contributed by atoms with van der Waals surface area (Å²) in [5.74, 6) is 1.08. The predicted octanol–water partition coefficient (Wildman–Crippen LogP) is 2.03. The van der Waals surface area contributed by atoms with Gasteiger partial charge in [-0.3, -0.25) is 4.99 Å². The van der Waals surface area contributed by atoms with E-state index in [1.165, 1.54) is 0 Å². The SMILES string of the molecule is CCOCCNC(=NC)NCc1cccc(OCC(F)F)c1. The Morgan fingerprint density at radius 1 is 1.32 bits per heavy atom. The summed E-state index contributed by atoms with van der Waals surface area (Å²) in [7, 11) is 1.68. The highest BCUT2D eigenvalue weighted by Crippen LogP contribution is 2.14. The van der Waals surface area contributed by atoms with Crippen LogP contribution in [0.25, 0.3) is 0 Å². The molecule has 5 nitrogen and oxygen atoms in total. The van der Waals surface area contributed by atoms with Crippen molar-refractivity contribution in [2.75, 3.05) is 33.4 Å². The van der Waals surface area contributed by atoms with Gasteiger partial charge in [-0.05, 0) is 24.6 Å². The Labute approximate surface area is 129 Å². The van der Waals surface area contributed by atoms with Crippen LogP contribution >= 0.6 is 0 Å². The lowest BCUT2D eigenvalue weighted by atomic mass is 10.2. The fourth-order valence-corrected chi connectivity index (χ4v) is 1.70. The average Bonchev–Trinajstić information content (AvgIpc) is 2.52. The molecule has 1 rings (SSSR count). The summed E-state index contributed by atoms with van der Waals surface area (Å²) < 4.78 is 34.5. The van der Waals surface area contributed by atoms with E-state index in [-0.39, 0.29) is 0 Å². The lowest BCUT2D eigenvalue weighted by molar-refractivity contribution is 0.0818. The zero-order valence-corrected chi connectivity index (χ0v) is 12.9. The molecule has 7 heteroatoms. The molecule has 2 N–H and O–H groups in total. The summed E-state index contributed by atoms with van der Waals surface area (Å²) >= 11 is 0. The van der Waals surface area contributed by atoms with Crippen LogP contribution in [0.5, 0.6) is 5.75 Å². The molecular weight excluding hydrogens is 292 g/mol. The standard InChI is InChI=1S/C15H23F2N3O2/c1-3-21-8-7-19-15(18-2)20-10-12-5-4-6-13(9-12)22-11-14(16)17/h4-6,9,14H,3,7-8,10-11H2,1-2H3,(H2,18,19,20). The highest BCUT2D eigenvalue weighted by atomic mass is 19.3. The lowest BCUT2D eigenvalue weighted by Gasteiger charge is -2.12. The lowest BCUT2D eigenvalue weighted by Crippen LogP contribution is -2.38. The van der Waals surface area contributed by atoms with Gasteiger partial charge in [0.05, 0.1) is 6.61 Å². The van der Waals surface area contributed by atoms with Crippen molar-refractivity contribution in [3.8, 4) is 5.75 Å². The summed E-state index contributed by atoms with van der Waals surface area (Å²) in [5.41, 5.74) is 0.916. The van der Waals surface area contributed by atoms with Crippen LogP contribution < -0.4 is 15.4 Å². The molecule has 0 aliphatic heterocycles. The molecule has 0 spiro atoms. The van der Waals surface area contributed by atoms with Gasteiger partial charge in [0.1, 0.15) is 12.4 Å². The molecule has 22 heavy (non-hydrogen) atoms. The summed E-state index contributed by atoms with van der Waals surface area (Å²) in [6.45, 7) is 3.80. The topological polar surface area (TPSA) is 54.9 Å². The van der Waals surface area contributed by atoms with Gasteiger partial charge < -0.3 is 20.1 Å². The van der Waals surface area contributed by atoms with Crippen molar-refractivity contribution in [3.63, 3.8) is 0 Å². The Bertz CT molecular complexity index is 456. The number of alkyl halides is 2. The Morgan fingerprint density at radius 2 is 2.14 bits per heavy atom. The molecule has 0 saturated carbocycles. The molecule has 0 aromatic heterocycles. The molecule has 0 aliphatic carbocycles. The fraction of sp³-hybridized carbons (Fsp3) is 0.533. The second-order valence-corrected chi connectivity index (χ2v) is 4.40. The molecule has 0 atom stereocenters. The fourth-order valence-electron chi connectivity index (χ4n) is 1.70. The van der Waals surface area contributed by atoms with Crippen LogP contribution in [0.1, 0.15) is 12.5 Å². The number of benzene rings is 1. The van der Waals surface area contributed by atoms with Crippen molar-refractivity contribution in [3.05, 3.63) is 29.8 Å². The maximum Gasteiger partial charge on any atom is 0.272 e. The second kappa shape index (κ2) is 10.8. The van der Waals surface area contributed by atoms with Gasteiger partial charge in [0.25, 0.3) is 6.43 Å². The van der Waals surface area contributed by atoms with E-state index in [1.54, 1.807) is 25.2 Å². The molecule has 0 bridgehead atoms. The Morgan fingerprint density at radius 3 is 2.82 bits per heavy atom. The van der Waals surface area contributed by atoms with Crippen molar-refractivity contribution >= 4 is 5.96 Å². The molecule has 0 radical (unpaired) electrons. The first kappa shape index (κ1) is 18.2. The molecule has 0 fully saturated rings.